The van der Waals surface area contributed by atoms with Crippen molar-refractivity contribution < 1.29 is 4.39 Å². The van der Waals surface area contributed by atoms with Crippen LogP contribution in [0.1, 0.15) is 5.56 Å². The molecule has 17 heavy (non-hydrogen) atoms. The van der Waals surface area contributed by atoms with Crippen LogP contribution < -0.4 is 5.32 Å². The largest absolute Gasteiger partial charge is 0.316 e. The number of halogens is 2. The SMILES string of the molecule is CNCc1cccc(-c2cc(F)cc(Cl)c2)c1. The Morgan fingerprint density at radius 1 is 1.12 bits per heavy atom. The lowest BCUT2D eigenvalue weighted by molar-refractivity contribution is 0.628. The third-order valence-corrected chi connectivity index (χ3v) is 2.72. The predicted molar refractivity (Wildman–Crippen MR) is 69.6 cm³/mol. The number of nitrogens with one attached hydrogen (secondary N) is 1. The topological polar surface area (TPSA) is 12.0 Å². The lowest BCUT2D eigenvalue weighted by atomic mass is 10.0. The molecule has 0 saturated heterocycles. The summed E-state index contributed by atoms with van der Waals surface area (Å²) in [6, 6.07) is 12.5. The molecule has 0 fully saturated rings. The molecule has 2 aromatic carbocycles. The van der Waals surface area contributed by atoms with Crippen LogP contribution in [0.2, 0.25) is 5.02 Å². The molecular weight excluding hydrogens is 237 g/mol. The fourth-order valence-electron chi connectivity index (χ4n) is 1.79. The van der Waals surface area contributed by atoms with Gasteiger partial charge in [-0.15, -0.1) is 0 Å². The molecule has 3 heteroatoms. The van der Waals surface area contributed by atoms with Crippen LogP contribution in [0.15, 0.2) is 42.5 Å². The van der Waals surface area contributed by atoms with E-state index in [0.29, 0.717) is 5.02 Å². The number of benzene rings is 2. The highest BCUT2D eigenvalue weighted by Gasteiger charge is 2.03. The van der Waals surface area contributed by atoms with Gasteiger partial charge in [-0.2, -0.15) is 0 Å². The van der Waals surface area contributed by atoms with Crippen molar-refractivity contribution in [2.75, 3.05) is 7.05 Å². The molecule has 0 atom stereocenters. The van der Waals surface area contributed by atoms with Gasteiger partial charge in [0.05, 0.1) is 0 Å². The molecule has 88 valence electrons. The highest BCUT2D eigenvalue weighted by atomic mass is 35.5. The molecule has 2 aromatic rings. The van der Waals surface area contributed by atoms with Gasteiger partial charge in [0.15, 0.2) is 0 Å². The third-order valence-electron chi connectivity index (χ3n) is 2.50. The zero-order valence-corrected chi connectivity index (χ0v) is 10.3. The van der Waals surface area contributed by atoms with Crippen molar-refractivity contribution in [3.05, 3.63) is 58.9 Å². The molecule has 0 saturated carbocycles. The van der Waals surface area contributed by atoms with Gasteiger partial charge in [0.1, 0.15) is 5.82 Å². The highest BCUT2D eigenvalue weighted by Crippen LogP contribution is 2.25. The van der Waals surface area contributed by atoms with Crippen LogP contribution in [-0.2, 0) is 6.54 Å². The second kappa shape index (κ2) is 5.30. The van der Waals surface area contributed by atoms with Crippen molar-refractivity contribution in [3.63, 3.8) is 0 Å². The van der Waals surface area contributed by atoms with Crippen LogP contribution >= 0.6 is 11.6 Å². The van der Waals surface area contributed by atoms with Crippen molar-refractivity contribution in [1.29, 1.82) is 0 Å². The molecule has 0 aromatic heterocycles. The van der Waals surface area contributed by atoms with E-state index >= 15 is 0 Å². The van der Waals surface area contributed by atoms with E-state index in [1.807, 2.05) is 31.3 Å². The smallest absolute Gasteiger partial charge is 0.125 e. The van der Waals surface area contributed by atoms with Crippen molar-refractivity contribution in [2.24, 2.45) is 0 Å². The van der Waals surface area contributed by atoms with Gasteiger partial charge < -0.3 is 5.32 Å². The molecule has 0 heterocycles. The maximum atomic E-state index is 13.3. The standard InChI is InChI=1S/C14H13ClFN/c1-17-9-10-3-2-4-11(5-10)12-6-13(15)8-14(16)7-12/h2-8,17H,9H2,1H3. The second-order valence-corrected chi connectivity index (χ2v) is 4.33. The zero-order valence-electron chi connectivity index (χ0n) is 9.50. The average molecular weight is 250 g/mol. The molecule has 2 rings (SSSR count). The van der Waals surface area contributed by atoms with Gasteiger partial charge in [-0.05, 0) is 48.0 Å². The predicted octanol–water partition coefficient (Wildman–Crippen LogP) is 3.87. The van der Waals surface area contributed by atoms with Gasteiger partial charge in [-0.1, -0.05) is 29.8 Å². The summed E-state index contributed by atoms with van der Waals surface area (Å²) in [4.78, 5) is 0. The molecule has 0 aliphatic heterocycles. The molecule has 0 aliphatic rings. The Morgan fingerprint density at radius 3 is 2.65 bits per heavy atom. The summed E-state index contributed by atoms with van der Waals surface area (Å²) in [7, 11) is 1.89. The summed E-state index contributed by atoms with van der Waals surface area (Å²) >= 11 is 5.85. The monoisotopic (exact) mass is 249 g/mol. The molecular formula is C14H13ClFN. The quantitative estimate of drug-likeness (QED) is 0.871. The van der Waals surface area contributed by atoms with E-state index in [0.717, 1.165) is 23.2 Å². The first-order valence-electron chi connectivity index (χ1n) is 5.39. The number of rotatable bonds is 3. The van der Waals surface area contributed by atoms with Crippen molar-refractivity contribution in [3.8, 4) is 11.1 Å². The van der Waals surface area contributed by atoms with E-state index in [4.69, 9.17) is 11.6 Å². The normalized spacial score (nSPS) is 10.5. The van der Waals surface area contributed by atoms with Gasteiger partial charge in [0.25, 0.3) is 0 Å². The van der Waals surface area contributed by atoms with Gasteiger partial charge in [-0.3, -0.25) is 0 Å². The van der Waals surface area contributed by atoms with Crippen LogP contribution in [0.4, 0.5) is 4.39 Å². The van der Waals surface area contributed by atoms with E-state index in [9.17, 15) is 4.39 Å². The Bertz CT molecular complexity index is 505. The van der Waals surface area contributed by atoms with Gasteiger partial charge in [0.2, 0.25) is 0 Å². The minimum Gasteiger partial charge on any atom is -0.316 e. The lowest BCUT2D eigenvalue weighted by Crippen LogP contribution is -2.04. The zero-order chi connectivity index (χ0) is 12.3. The van der Waals surface area contributed by atoms with E-state index in [2.05, 4.69) is 5.32 Å². The minimum atomic E-state index is -0.313. The van der Waals surface area contributed by atoms with Crippen LogP contribution in [0.5, 0.6) is 0 Å². The van der Waals surface area contributed by atoms with Crippen molar-refractivity contribution in [2.45, 2.75) is 6.54 Å². The third kappa shape index (κ3) is 3.05. The molecule has 0 unspecified atom stereocenters. The average Bonchev–Trinajstić information content (AvgIpc) is 2.28. The molecule has 0 amide bonds. The summed E-state index contributed by atoms with van der Waals surface area (Å²) < 4.78 is 13.3. The Morgan fingerprint density at radius 2 is 1.94 bits per heavy atom. The summed E-state index contributed by atoms with van der Waals surface area (Å²) in [6.45, 7) is 0.789. The summed E-state index contributed by atoms with van der Waals surface area (Å²) in [6.07, 6.45) is 0. The van der Waals surface area contributed by atoms with E-state index in [1.165, 1.54) is 12.1 Å². The van der Waals surface area contributed by atoms with Crippen LogP contribution in [0.3, 0.4) is 0 Å². The fourth-order valence-corrected chi connectivity index (χ4v) is 2.01. The molecule has 1 N–H and O–H groups in total. The summed E-state index contributed by atoms with van der Waals surface area (Å²) in [5.74, 6) is -0.313. The maximum Gasteiger partial charge on any atom is 0.125 e. The van der Waals surface area contributed by atoms with Crippen LogP contribution in [-0.4, -0.2) is 7.05 Å². The second-order valence-electron chi connectivity index (χ2n) is 3.89. The van der Waals surface area contributed by atoms with Gasteiger partial charge in [0, 0.05) is 11.6 Å². The van der Waals surface area contributed by atoms with Crippen LogP contribution in [0, 0.1) is 5.82 Å². The minimum absolute atomic E-state index is 0.313. The maximum absolute atomic E-state index is 13.3. The summed E-state index contributed by atoms with van der Waals surface area (Å²) in [5, 5.41) is 3.50. The Hall–Kier alpha value is -1.38. The first kappa shape index (κ1) is 12.1. The fraction of sp³-hybridized carbons (Fsp3) is 0.143. The van der Waals surface area contributed by atoms with Crippen molar-refractivity contribution >= 4 is 11.6 Å². The van der Waals surface area contributed by atoms with E-state index in [-0.39, 0.29) is 5.82 Å². The Labute approximate surface area is 105 Å². The van der Waals surface area contributed by atoms with E-state index < -0.39 is 0 Å². The lowest BCUT2D eigenvalue weighted by Gasteiger charge is -2.06. The first-order chi connectivity index (χ1) is 8.19. The molecule has 0 radical (unpaired) electrons. The molecule has 0 aliphatic carbocycles. The van der Waals surface area contributed by atoms with Crippen LogP contribution in [0.25, 0.3) is 11.1 Å². The van der Waals surface area contributed by atoms with Crippen molar-refractivity contribution in [1.82, 2.24) is 5.32 Å². The Balaban J connectivity index is 2.41. The molecule has 0 spiro atoms. The summed E-state index contributed by atoms with van der Waals surface area (Å²) in [5.41, 5.74) is 2.93. The first-order valence-corrected chi connectivity index (χ1v) is 5.77. The van der Waals surface area contributed by atoms with Gasteiger partial charge in [-0.25, -0.2) is 4.39 Å². The highest BCUT2D eigenvalue weighted by molar-refractivity contribution is 6.30. The van der Waals surface area contributed by atoms with E-state index in [1.54, 1.807) is 6.07 Å². The number of hydrogen-bond donors (Lipinski definition) is 1. The number of hydrogen-bond acceptors (Lipinski definition) is 1. The Kier molecular flexibility index (Phi) is 3.77. The van der Waals surface area contributed by atoms with Gasteiger partial charge >= 0.3 is 0 Å². The molecule has 1 nitrogen and oxygen atoms in total. The molecule has 0 bridgehead atoms.